The molecule has 2 fully saturated rings. The van der Waals surface area contributed by atoms with Crippen LogP contribution in [0, 0.1) is 0 Å². The normalized spacial score (nSPS) is 19.4. The van der Waals surface area contributed by atoms with Crippen LogP contribution in [0.4, 0.5) is 11.4 Å². The van der Waals surface area contributed by atoms with Gasteiger partial charge in [-0.3, -0.25) is 9.59 Å². The van der Waals surface area contributed by atoms with Crippen molar-refractivity contribution in [3.63, 3.8) is 0 Å². The Morgan fingerprint density at radius 2 is 1.73 bits per heavy atom. The molecule has 1 aromatic heterocycles. The van der Waals surface area contributed by atoms with Crippen molar-refractivity contribution >= 4 is 34.5 Å². The molecule has 0 unspecified atom stereocenters. The molecule has 1 saturated heterocycles. The van der Waals surface area contributed by atoms with E-state index in [1.54, 1.807) is 0 Å². The Morgan fingerprint density at radius 1 is 0.976 bits per heavy atom. The number of thiophene rings is 1. The van der Waals surface area contributed by atoms with Crippen molar-refractivity contribution in [1.82, 2.24) is 4.90 Å². The van der Waals surface area contributed by atoms with E-state index in [2.05, 4.69) is 57.6 Å². The van der Waals surface area contributed by atoms with Crippen molar-refractivity contribution in [3.8, 4) is 11.1 Å². The Labute approximate surface area is 247 Å². The lowest BCUT2D eigenvalue weighted by Gasteiger charge is -2.36. The summed E-state index contributed by atoms with van der Waals surface area (Å²) in [6.07, 6.45) is 8.55. The number of carbonyl (C=O) groups excluding carboxylic acids is 2. The molecule has 0 spiro atoms. The van der Waals surface area contributed by atoms with Crippen LogP contribution in [0.5, 0.6) is 0 Å². The molecule has 41 heavy (non-hydrogen) atoms. The molecule has 0 atom stereocenters. The van der Waals surface area contributed by atoms with Crippen molar-refractivity contribution in [2.75, 3.05) is 37.0 Å². The van der Waals surface area contributed by atoms with Crippen LogP contribution >= 0.6 is 11.3 Å². The number of nitrogens with two attached hydrogens (primary N) is 1. The van der Waals surface area contributed by atoms with Crippen LogP contribution in [0.2, 0.25) is 0 Å². The molecular formula is C33H42N4O3S. The Bertz CT molecular complexity index is 1300. The molecule has 8 heteroatoms. The van der Waals surface area contributed by atoms with Crippen LogP contribution in [-0.4, -0.2) is 55.6 Å². The highest BCUT2D eigenvalue weighted by molar-refractivity contribution is 7.12. The quantitative estimate of drug-likeness (QED) is 0.314. The summed E-state index contributed by atoms with van der Waals surface area (Å²) >= 11 is 1.50. The third-order valence-corrected chi connectivity index (χ3v) is 9.14. The summed E-state index contributed by atoms with van der Waals surface area (Å²) < 4.78 is 5.09. The van der Waals surface area contributed by atoms with Gasteiger partial charge in [0, 0.05) is 38.8 Å². The summed E-state index contributed by atoms with van der Waals surface area (Å²) in [6, 6.07) is 19.0. The van der Waals surface area contributed by atoms with Crippen LogP contribution in [0.3, 0.4) is 0 Å². The lowest BCUT2D eigenvalue weighted by molar-refractivity contribution is -0.119. The van der Waals surface area contributed by atoms with E-state index in [9.17, 15) is 9.59 Å². The van der Waals surface area contributed by atoms with E-state index in [1.807, 2.05) is 17.5 Å². The first-order chi connectivity index (χ1) is 20.0. The van der Waals surface area contributed by atoms with Gasteiger partial charge < -0.3 is 25.6 Å². The monoisotopic (exact) mass is 574 g/mol. The molecule has 0 bridgehead atoms. The van der Waals surface area contributed by atoms with Crippen molar-refractivity contribution in [2.45, 2.75) is 70.0 Å². The summed E-state index contributed by atoms with van der Waals surface area (Å²) in [5, 5.41) is 5.06. The second kappa shape index (κ2) is 14.1. The lowest BCUT2D eigenvalue weighted by atomic mass is 9.90. The number of amides is 2. The fourth-order valence-electron chi connectivity index (χ4n) is 6.09. The van der Waals surface area contributed by atoms with Gasteiger partial charge in [0.05, 0.1) is 16.3 Å². The molecule has 2 heterocycles. The maximum Gasteiger partial charge on any atom is 0.264 e. The van der Waals surface area contributed by atoms with Gasteiger partial charge in [-0.05, 0) is 84.9 Å². The van der Waals surface area contributed by atoms with Gasteiger partial charge in [0.2, 0.25) is 5.91 Å². The topological polar surface area (TPSA) is 87.9 Å². The minimum Gasteiger partial charge on any atom is -0.375 e. The molecule has 7 nitrogen and oxygen atoms in total. The number of benzene rings is 2. The van der Waals surface area contributed by atoms with E-state index >= 15 is 0 Å². The number of nitrogens with one attached hydrogen (secondary N) is 1. The molecule has 1 aliphatic carbocycles. The predicted molar refractivity (Wildman–Crippen MR) is 167 cm³/mol. The standard InChI is InChI=1S/C33H42N4O3S/c1-40-23-32(38)35-29-21-26(11-16-30(29)36-17-4-2-3-5-18-36)25-9-6-8-24(20-25)22-37(28-14-12-27(34)13-15-28)33(39)31-10-7-19-41-31/h6-11,16,19-21,27-28H,2-5,12-15,17-18,22-23,34H2,1H3,(H,35,38). The van der Waals surface area contributed by atoms with Gasteiger partial charge in [-0.15, -0.1) is 11.3 Å². The average molecular weight is 575 g/mol. The smallest absolute Gasteiger partial charge is 0.264 e. The number of anilines is 2. The summed E-state index contributed by atoms with van der Waals surface area (Å²) in [4.78, 5) is 31.4. The Hall–Kier alpha value is -3.20. The predicted octanol–water partition coefficient (Wildman–Crippen LogP) is 6.29. The molecule has 218 valence electrons. The van der Waals surface area contributed by atoms with Gasteiger partial charge in [-0.1, -0.05) is 43.2 Å². The Balaban J connectivity index is 1.42. The van der Waals surface area contributed by atoms with Crippen LogP contribution in [0.25, 0.3) is 11.1 Å². The minimum absolute atomic E-state index is 0.0132. The number of hydrogen-bond donors (Lipinski definition) is 2. The fourth-order valence-corrected chi connectivity index (χ4v) is 6.77. The third-order valence-electron chi connectivity index (χ3n) is 8.28. The Kier molecular flexibility index (Phi) is 10.1. The van der Waals surface area contributed by atoms with E-state index in [0.717, 1.165) is 84.6 Å². The molecule has 1 saturated carbocycles. The highest BCUT2D eigenvalue weighted by Gasteiger charge is 2.29. The first-order valence-electron chi connectivity index (χ1n) is 14.9. The van der Waals surface area contributed by atoms with E-state index in [0.29, 0.717) is 6.54 Å². The second-order valence-corrected chi connectivity index (χ2v) is 12.2. The molecule has 1 aliphatic heterocycles. The van der Waals surface area contributed by atoms with Gasteiger partial charge in [-0.25, -0.2) is 0 Å². The Morgan fingerprint density at radius 3 is 2.44 bits per heavy atom. The molecule has 0 radical (unpaired) electrons. The van der Waals surface area contributed by atoms with Crippen LogP contribution in [0.1, 0.15) is 66.6 Å². The largest absolute Gasteiger partial charge is 0.375 e. The number of ether oxygens (including phenoxy) is 1. The van der Waals surface area contributed by atoms with Crippen molar-refractivity contribution in [2.24, 2.45) is 5.73 Å². The maximum absolute atomic E-state index is 13.6. The zero-order chi connectivity index (χ0) is 28.6. The SMILES string of the molecule is COCC(=O)Nc1cc(-c2cccc(CN(C(=O)c3cccs3)C3CCC(N)CC3)c2)ccc1N1CCCCCC1. The zero-order valence-corrected chi connectivity index (χ0v) is 24.8. The second-order valence-electron chi connectivity index (χ2n) is 11.3. The third kappa shape index (κ3) is 7.56. The van der Waals surface area contributed by atoms with Crippen molar-refractivity contribution in [3.05, 3.63) is 70.4 Å². The highest BCUT2D eigenvalue weighted by atomic mass is 32.1. The molecule has 3 aromatic rings. The van der Waals surface area contributed by atoms with Crippen LogP contribution < -0.4 is 16.0 Å². The van der Waals surface area contributed by atoms with Crippen molar-refractivity contribution < 1.29 is 14.3 Å². The van der Waals surface area contributed by atoms with Gasteiger partial charge in [0.15, 0.2) is 0 Å². The number of nitrogens with zero attached hydrogens (tertiary/aromatic N) is 2. The molecule has 5 rings (SSSR count). The summed E-state index contributed by atoms with van der Waals surface area (Å²) in [7, 11) is 1.53. The zero-order valence-electron chi connectivity index (χ0n) is 24.0. The van der Waals surface area contributed by atoms with Crippen molar-refractivity contribution in [1.29, 1.82) is 0 Å². The van der Waals surface area contributed by atoms with E-state index in [1.165, 1.54) is 31.3 Å². The summed E-state index contributed by atoms with van der Waals surface area (Å²) in [6.45, 7) is 2.54. The molecular weight excluding hydrogens is 532 g/mol. The fraction of sp³-hybridized carbons (Fsp3) is 0.455. The minimum atomic E-state index is -0.163. The first kappa shape index (κ1) is 29.3. The number of carbonyl (C=O) groups is 2. The van der Waals surface area contributed by atoms with E-state index < -0.39 is 0 Å². The van der Waals surface area contributed by atoms with Gasteiger partial charge in [-0.2, -0.15) is 0 Å². The summed E-state index contributed by atoms with van der Waals surface area (Å²) in [5.41, 5.74) is 11.2. The molecule has 2 aliphatic rings. The van der Waals surface area contributed by atoms with Crippen LogP contribution in [0.15, 0.2) is 60.0 Å². The number of rotatable bonds is 9. The van der Waals surface area contributed by atoms with Gasteiger partial charge >= 0.3 is 0 Å². The van der Waals surface area contributed by atoms with E-state index in [4.69, 9.17) is 10.5 Å². The highest BCUT2D eigenvalue weighted by Crippen LogP contribution is 2.34. The molecule has 3 N–H and O–H groups in total. The van der Waals surface area contributed by atoms with Crippen LogP contribution in [-0.2, 0) is 16.1 Å². The van der Waals surface area contributed by atoms with Gasteiger partial charge in [0.1, 0.15) is 6.61 Å². The summed E-state index contributed by atoms with van der Waals surface area (Å²) in [5.74, 6) is -0.0692. The lowest BCUT2D eigenvalue weighted by Crippen LogP contribution is -2.43. The number of hydrogen-bond acceptors (Lipinski definition) is 6. The van der Waals surface area contributed by atoms with E-state index in [-0.39, 0.29) is 30.5 Å². The molecule has 2 amide bonds. The van der Waals surface area contributed by atoms with Gasteiger partial charge in [0.25, 0.3) is 5.91 Å². The molecule has 2 aromatic carbocycles. The average Bonchev–Trinajstić information content (AvgIpc) is 3.39. The number of methoxy groups -OCH3 is 1. The maximum atomic E-state index is 13.6. The first-order valence-corrected chi connectivity index (χ1v) is 15.8.